The molecule has 1 unspecified atom stereocenters. The Morgan fingerprint density at radius 1 is 1.16 bits per heavy atom. The summed E-state index contributed by atoms with van der Waals surface area (Å²) in [5.41, 5.74) is 2.60. The van der Waals surface area contributed by atoms with Gasteiger partial charge in [0.1, 0.15) is 0 Å². The second-order valence-corrected chi connectivity index (χ2v) is 9.41. The molecule has 1 aliphatic rings. The number of hydrogen-bond donors (Lipinski definition) is 2. The molecule has 11 heteroatoms. The van der Waals surface area contributed by atoms with Gasteiger partial charge in [0.2, 0.25) is 5.95 Å². The van der Waals surface area contributed by atoms with Crippen molar-refractivity contribution < 1.29 is 18.3 Å². The third-order valence-electron chi connectivity index (χ3n) is 5.51. The SMILES string of the molecule is Cc1ccc(S(=O)(=O)n2ccc3c2ncc2cnc(N4CCC(NC(=O)O)C4)n23)cc1. The van der Waals surface area contributed by atoms with Gasteiger partial charge in [-0.15, -0.1) is 0 Å². The largest absolute Gasteiger partial charge is 0.465 e. The van der Waals surface area contributed by atoms with Crippen LogP contribution in [-0.4, -0.2) is 57.1 Å². The predicted molar refractivity (Wildman–Crippen MR) is 114 cm³/mol. The lowest BCUT2D eigenvalue weighted by atomic mass is 10.2. The van der Waals surface area contributed by atoms with Crippen LogP contribution in [0.25, 0.3) is 16.7 Å². The van der Waals surface area contributed by atoms with Crippen molar-refractivity contribution in [3.8, 4) is 0 Å². The smallest absolute Gasteiger partial charge is 0.404 e. The van der Waals surface area contributed by atoms with E-state index in [1.165, 1.54) is 10.2 Å². The number of nitrogens with one attached hydrogen (secondary N) is 1. The number of fused-ring (bicyclic) bond motifs is 3. The van der Waals surface area contributed by atoms with E-state index >= 15 is 0 Å². The molecule has 4 heterocycles. The summed E-state index contributed by atoms with van der Waals surface area (Å²) in [7, 11) is -3.81. The van der Waals surface area contributed by atoms with Gasteiger partial charge in [-0.1, -0.05) is 17.7 Å². The Kier molecular flexibility index (Phi) is 4.36. The van der Waals surface area contributed by atoms with E-state index in [1.54, 1.807) is 42.7 Å². The number of carboxylic acid groups (broad SMARTS) is 1. The number of aryl methyl sites for hydroxylation is 1. The molecule has 0 spiro atoms. The van der Waals surface area contributed by atoms with Crippen molar-refractivity contribution in [2.24, 2.45) is 0 Å². The quantitative estimate of drug-likeness (QED) is 0.498. The van der Waals surface area contributed by atoms with Crippen molar-refractivity contribution in [1.82, 2.24) is 23.7 Å². The minimum absolute atomic E-state index is 0.186. The summed E-state index contributed by atoms with van der Waals surface area (Å²) in [6.45, 7) is 3.02. The van der Waals surface area contributed by atoms with Gasteiger partial charge in [0.15, 0.2) is 5.65 Å². The van der Waals surface area contributed by atoms with E-state index < -0.39 is 16.1 Å². The fourth-order valence-corrected chi connectivity index (χ4v) is 5.29. The van der Waals surface area contributed by atoms with Crippen LogP contribution >= 0.6 is 0 Å². The Morgan fingerprint density at radius 2 is 1.90 bits per heavy atom. The maximum atomic E-state index is 13.2. The zero-order valence-corrected chi connectivity index (χ0v) is 17.5. The number of imidazole rings is 1. The molecular weight excluding hydrogens is 420 g/mol. The van der Waals surface area contributed by atoms with Crippen molar-refractivity contribution in [2.75, 3.05) is 18.0 Å². The molecule has 1 amide bonds. The maximum Gasteiger partial charge on any atom is 0.404 e. The minimum atomic E-state index is -3.81. The van der Waals surface area contributed by atoms with Crippen molar-refractivity contribution in [2.45, 2.75) is 24.3 Å². The van der Waals surface area contributed by atoms with Crippen LogP contribution in [0.1, 0.15) is 12.0 Å². The third-order valence-corrected chi connectivity index (χ3v) is 7.19. The highest BCUT2D eigenvalue weighted by molar-refractivity contribution is 7.90. The van der Waals surface area contributed by atoms with Crippen LogP contribution in [0.2, 0.25) is 0 Å². The van der Waals surface area contributed by atoms with Gasteiger partial charge >= 0.3 is 6.09 Å². The van der Waals surface area contributed by atoms with E-state index in [-0.39, 0.29) is 10.9 Å². The summed E-state index contributed by atoms with van der Waals surface area (Å²) in [4.78, 5) is 22.0. The van der Waals surface area contributed by atoms with Crippen LogP contribution in [0.5, 0.6) is 0 Å². The van der Waals surface area contributed by atoms with E-state index in [4.69, 9.17) is 5.11 Å². The number of hydrogen-bond acceptors (Lipinski definition) is 6. The molecule has 0 radical (unpaired) electrons. The Hall–Kier alpha value is -3.60. The normalized spacial score (nSPS) is 16.9. The predicted octanol–water partition coefficient (Wildman–Crippen LogP) is 2.08. The molecule has 1 atom stereocenters. The zero-order valence-electron chi connectivity index (χ0n) is 16.6. The lowest BCUT2D eigenvalue weighted by molar-refractivity contribution is 0.191. The zero-order chi connectivity index (χ0) is 21.8. The molecule has 3 aromatic heterocycles. The second kappa shape index (κ2) is 6.98. The molecule has 0 saturated carbocycles. The first kappa shape index (κ1) is 19.4. The first-order valence-electron chi connectivity index (χ1n) is 9.75. The minimum Gasteiger partial charge on any atom is -0.465 e. The summed E-state index contributed by atoms with van der Waals surface area (Å²) >= 11 is 0. The van der Waals surface area contributed by atoms with Gasteiger partial charge in [0, 0.05) is 19.3 Å². The molecule has 4 aromatic rings. The number of amides is 1. The van der Waals surface area contributed by atoms with Crippen LogP contribution in [0.4, 0.5) is 10.7 Å². The van der Waals surface area contributed by atoms with Crippen LogP contribution in [0, 0.1) is 6.92 Å². The molecule has 1 aliphatic heterocycles. The highest BCUT2D eigenvalue weighted by Gasteiger charge is 2.28. The van der Waals surface area contributed by atoms with Crippen molar-refractivity contribution in [1.29, 1.82) is 0 Å². The van der Waals surface area contributed by atoms with Crippen LogP contribution in [0.15, 0.2) is 53.8 Å². The van der Waals surface area contributed by atoms with Crippen molar-refractivity contribution in [3.05, 3.63) is 54.5 Å². The Labute approximate surface area is 177 Å². The van der Waals surface area contributed by atoms with Gasteiger partial charge in [0.25, 0.3) is 10.0 Å². The van der Waals surface area contributed by atoms with Crippen molar-refractivity contribution in [3.63, 3.8) is 0 Å². The fourth-order valence-electron chi connectivity index (χ4n) is 3.99. The molecule has 10 nitrogen and oxygen atoms in total. The number of anilines is 1. The lowest BCUT2D eigenvalue weighted by Crippen LogP contribution is -2.36. The third kappa shape index (κ3) is 3.17. The highest BCUT2D eigenvalue weighted by Crippen LogP contribution is 2.27. The summed E-state index contributed by atoms with van der Waals surface area (Å²) in [5, 5.41) is 11.5. The fraction of sp³-hybridized carbons (Fsp3) is 0.250. The molecule has 1 saturated heterocycles. The highest BCUT2D eigenvalue weighted by atomic mass is 32.2. The first-order valence-corrected chi connectivity index (χ1v) is 11.2. The number of rotatable bonds is 4. The average Bonchev–Trinajstić information content (AvgIpc) is 3.44. The molecule has 0 bridgehead atoms. The van der Waals surface area contributed by atoms with E-state index in [2.05, 4.69) is 15.3 Å². The second-order valence-electron chi connectivity index (χ2n) is 7.60. The van der Waals surface area contributed by atoms with Crippen LogP contribution < -0.4 is 10.2 Å². The molecular formula is C20H20N6O4S. The summed E-state index contributed by atoms with van der Waals surface area (Å²) in [5.74, 6) is 0.627. The molecule has 160 valence electrons. The van der Waals surface area contributed by atoms with Crippen molar-refractivity contribution >= 4 is 38.7 Å². The van der Waals surface area contributed by atoms with Gasteiger partial charge in [0.05, 0.1) is 34.4 Å². The van der Waals surface area contributed by atoms with E-state index in [0.717, 1.165) is 11.1 Å². The molecule has 31 heavy (non-hydrogen) atoms. The first-order chi connectivity index (χ1) is 14.8. The lowest BCUT2D eigenvalue weighted by Gasteiger charge is -2.17. The van der Waals surface area contributed by atoms with Gasteiger partial charge < -0.3 is 15.3 Å². The Morgan fingerprint density at radius 3 is 2.65 bits per heavy atom. The maximum absolute atomic E-state index is 13.2. The number of benzene rings is 1. The molecule has 5 rings (SSSR count). The molecule has 2 N–H and O–H groups in total. The van der Waals surface area contributed by atoms with Gasteiger partial charge in [-0.05, 0) is 31.5 Å². The summed E-state index contributed by atoms with van der Waals surface area (Å²) in [6, 6.07) is 8.19. The number of aromatic nitrogens is 4. The molecule has 0 aliphatic carbocycles. The van der Waals surface area contributed by atoms with E-state index in [0.29, 0.717) is 36.6 Å². The van der Waals surface area contributed by atoms with Crippen LogP contribution in [-0.2, 0) is 10.0 Å². The van der Waals surface area contributed by atoms with Gasteiger partial charge in [-0.2, -0.15) is 0 Å². The number of carbonyl (C=O) groups is 1. The number of nitrogens with zero attached hydrogens (tertiary/aromatic N) is 5. The van der Waals surface area contributed by atoms with Gasteiger partial charge in [-0.25, -0.2) is 27.2 Å². The molecule has 1 fully saturated rings. The standard InChI is InChI=1S/C20H20N6O4S/c1-13-2-4-16(5-3-13)31(29,30)25-9-7-17-18(25)21-10-15-11-22-19(26(15)17)24-8-6-14(12-24)23-20(27)28/h2-5,7,9-11,14,23H,6,8,12H2,1H3,(H,27,28). The van der Waals surface area contributed by atoms with Gasteiger partial charge in [-0.3, -0.25) is 4.40 Å². The molecule has 1 aromatic carbocycles. The Balaban J connectivity index is 1.59. The Bertz CT molecular complexity index is 1410. The topological polar surface area (TPSA) is 122 Å². The van der Waals surface area contributed by atoms with E-state index in [9.17, 15) is 13.2 Å². The van der Waals surface area contributed by atoms with E-state index in [1.807, 2.05) is 16.2 Å². The summed E-state index contributed by atoms with van der Waals surface area (Å²) in [6.07, 6.45) is 4.37. The average molecular weight is 440 g/mol. The summed E-state index contributed by atoms with van der Waals surface area (Å²) < 4.78 is 29.4. The monoisotopic (exact) mass is 440 g/mol. The van der Waals surface area contributed by atoms with Crippen LogP contribution in [0.3, 0.4) is 0 Å².